The first-order valence-electron chi connectivity index (χ1n) is 5.91. The van der Waals surface area contributed by atoms with Crippen molar-refractivity contribution >= 4 is 21.6 Å². The molecular formula is C13H14ClN3O2S. The van der Waals surface area contributed by atoms with E-state index in [-0.39, 0.29) is 5.75 Å². The number of aryl methyl sites for hydroxylation is 1. The maximum absolute atomic E-state index is 11.5. The monoisotopic (exact) mass is 311 g/mol. The number of aromatic nitrogens is 2. The van der Waals surface area contributed by atoms with E-state index in [1.54, 1.807) is 25.1 Å². The first-order valence-corrected chi connectivity index (χ1v) is 7.94. The van der Waals surface area contributed by atoms with Gasteiger partial charge in [0.15, 0.2) is 0 Å². The number of hydrogen-bond donors (Lipinski definition) is 1. The molecule has 1 aromatic carbocycles. The van der Waals surface area contributed by atoms with Gasteiger partial charge in [0.25, 0.3) is 0 Å². The smallest absolute Gasteiger partial charge is 0.215 e. The Morgan fingerprint density at radius 2 is 1.85 bits per heavy atom. The minimum atomic E-state index is -3.26. The van der Waals surface area contributed by atoms with Gasteiger partial charge in [0.1, 0.15) is 11.0 Å². The van der Waals surface area contributed by atoms with E-state index >= 15 is 0 Å². The van der Waals surface area contributed by atoms with Crippen LogP contribution in [0.5, 0.6) is 0 Å². The zero-order chi connectivity index (χ0) is 14.8. The second-order valence-corrected chi connectivity index (χ2v) is 6.60. The van der Waals surface area contributed by atoms with Crippen LogP contribution >= 0.6 is 11.6 Å². The molecule has 1 aromatic heterocycles. The Morgan fingerprint density at radius 1 is 1.20 bits per heavy atom. The van der Waals surface area contributed by atoms with E-state index in [1.165, 1.54) is 7.05 Å². The lowest BCUT2D eigenvalue weighted by molar-refractivity contribution is 0.587. The van der Waals surface area contributed by atoms with Crippen molar-refractivity contribution in [2.75, 3.05) is 7.05 Å². The van der Waals surface area contributed by atoms with Gasteiger partial charge in [-0.05, 0) is 19.5 Å². The quantitative estimate of drug-likeness (QED) is 0.878. The van der Waals surface area contributed by atoms with Gasteiger partial charge in [0.05, 0.1) is 11.4 Å². The third-order valence-electron chi connectivity index (χ3n) is 2.72. The summed E-state index contributed by atoms with van der Waals surface area (Å²) in [7, 11) is -1.86. The lowest BCUT2D eigenvalue weighted by atomic mass is 10.1. The fraction of sp³-hybridized carbons (Fsp3) is 0.231. The highest BCUT2D eigenvalue weighted by atomic mass is 35.5. The SMILES string of the molecule is CNS(=O)(=O)Cc1ccc(-c2cc(Cl)nc(C)n2)cc1. The van der Waals surface area contributed by atoms with Crippen molar-refractivity contribution in [2.24, 2.45) is 0 Å². The van der Waals surface area contributed by atoms with Crippen molar-refractivity contribution in [3.63, 3.8) is 0 Å². The van der Waals surface area contributed by atoms with Crippen molar-refractivity contribution in [1.82, 2.24) is 14.7 Å². The number of rotatable bonds is 4. The van der Waals surface area contributed by atoms with Gasteiger partial charge in [0, 0.05) is 11.6 Å². The van der Waals surface area contributed by atoms with Crippen molar-refractivity contribution in [3.8, 4) is 11.3 Å². The Morgan fingerprint density at radius 3 is 2.40 bits per heavy atom. The first-order chi connectivity index (χ1) is 9.39. The van der Waals surface area contributed by atoms with Crippen molar-refractivity contribution in [3.05, 3.63) is 46.9 Å². The Kier molecular flexibility index (Phi) is 4.37. The normalized spacial score (nSPS) is 11.6. The van der Waals surface area contributed by atoms with Gasteiger partial charge in [-0.2, -0.15) is 0 Å². The van der Waals surface area contributed by atoms with Crippen LogP contribution in [0.25, 0.3) is 11.3 Å². The fourth-order valence-electron chi connectivity index (χ4n) is 1.74. The minimum Gasteiger partial charge on any atom is -0.233 e. The molecule has 0 atom stereocenters. The number of benzene rings is 1. The maximum Gasteiger partial charge on any atom is 0.215 e. The van der Waals surface area contributed by atoms with Crippen molar-refractivity contribution in [1.29, 1.82) is 0 Å². The Hall–Kier alpha value is -1.50. The average Bonchev–Trinajstić information content (AvgIpc) is 2.38. The van der Waals surface area contributed by atoms with E-state index in [0.29, 0.717) is 22.2 Å². The molecule has 2 rings (SSSR count). The van der Waals surface area contributed by atoms with Crippen LogP contribution in [-0.2, 0) is 15.8 Å². The zero-order valence-electron chi connectivity index (χ0n) is 11.1. The highest BCUT2D eigenvalue weighted by Gasteiger charge is 2.09. The summed E-state index contributed by atoms with van der Waals surface area (Å²) in [6.45, 7) is 1.77. The predicted octanol–water partition coefficient (Wildman–Crippen LogP) is 2.15. The summed E-state index contributed by atoms with van der Waals surface area (Å²) in [6, 6.07) is 8.83. The molecule has 0 spiro atoms. The van der Waals surface area contributed by atoms with Gasteiger partial charge in [-0.1, -0.05) is 35.9 Å². The molecule has 0 aliphatic heterocycles. The summed E-state index contributed by atoms with van der Waals surface area (Å²) in [5, 5.41) is 0.384. The molecule has 0 radical (unpaired) electrons. The van der Waals surface area contributed by atoms with E-state index in [4.69, 9.17) is 11.6 Å². The number of sulfonamides is 1. The molecule has 0 bridgehead atoms. The highest BCUT2D eigenvalue weighted by molar-refractivity contribution is 7.88. The molecule has 0 saturated heterocycles. The minimum absolute atomic E-state index is 0.0483. The van der Waals surface area contributed by atoms with Crippen molar-refractivity contribution < 1.29 is 8.42 Å². The molecule has 0 saturated carbocycles. The largest absolute Gasteiger partial charge is 0.233 e. The standard InChI is InChI=1S/C13H14ClN3O2S/c1-9-16-12(7-13(14)17-9)11-5-3-10(4-6-11)8-20(18,19)15-2/h3-7,15H,8H2,1-2H3. The van der Waals surface area contributed by atoms with Gasteiger partial charge in [-0.25, -0.2) is 23.1 Å². The molecule has 2 aromatic rings. The summed E-state index contributed by atoms with van der Waals surface area (Å²) in [5.41, 5.74) is 2.29. The lowest BCUT2D eigenvalue weighted by Crippen LogP contribution is -2.20. The van der Waals surface area contributed by atoms with E-state index in [9.17, 15) is 8.42 Å². The number of nitrogens with one attached hydrogen (secondary N) is 1. The lowest BCUT2D eigenvalue weighted by Gasteiger charge is -2.05. The highest BCUT2D eigenvalue weighted by Crippen LogP contribution is 2.20. The van der Waals surface area contributed by atoms with E-state index in [2.05, 4.69) is 14.7 Å². The van der Waals surface area contributed by atoms with Gasteiger partial charge in [-0.15, -0.1) is 0 Å². The topological polar surface area (TPSA) is 72.0 Å². The van der Waals surface area contributed by atoms with Crippen LogP contribution < -0.4 is 4.72 Å². The number of halogens is 1. The van der Waals surface area contributed by atoms with Crippen LogP contribution in [0, 0.1) is 6.92 Å². The van der Waals surface area contributed by atoms with Crippen LogP contribution in [0.1, 0.15) is 11.4 Å². The number of nitrogens with zero attached hydrogens (tertiary/aromatic N) is 2. The van der Waals surface area contributed by atoms with Gasteiger partial charge in [-0.3, -0.25) is 0 Å². The van der Waals surface area contributed by atoms with Crippen LogP contribution in [0.2, 0.25) is 5.15 Å². The van der Waals surface area contributed by atoms with Gasteiger partial charge >= 0.3 is 0 Å². The molecule has 0 fully saturated rings. The van der Waals surface area contributed by atoms with E-state index < -0.39 is 10.0 Å². The molecule has 5 nitrogen and oxygen atoms in total. The zero-order valence-corrected chi connectivity index (χ0v) is 12.7. The molecular weight excluding hydrogens is 298 g/mol. The summed E-state index contributed by atoms with van der Waals surface area (Å²) < 4.78 is 25.2. The second kappa shape index (κ2) is 5.87. The summed E-state index contributed by atoms with van der Waals surface area (Å²) in [4.78, 5) is 8.30. The average molecular weight is 312 g/mol. The third-order valence-corrected chi connectivity index (χ3v) is 4.25. The fourth-order valence-corrected chi connectivity index (χ4v) is 2.74. The molecule has 0 amide bonds. The third kappa shape index (κ3) is 3.75. The van der Waals surface area contributed by atoms with Crippen LogP contribution in [0.15, 0.2) is 30.3 Å². The predicted molar refractivity (Wildman–Crippen MR) is 78.9 cm³/mol. The van der Waals surface area contributed by atoms with Gasteiger partial charge in [0.2, 0.25) is 10.0 Å². The summed E-state index contributed by atoms with van der Waals surface area (Å²) in [5.74, 6) is 0.544. The molecule has 0 aliphatic carbocycles. The van der Waals surface area contributed by atoms with Crippen LogP contribution in [-0.4, -0.2) is 25.4 Å². The Balaban J connectivity index is 2.28. The Bertz CT molecular complexity index is 695. The van der Waals surface area contributed by atoms with Crippen LogP contribution in [0.3, 0.4) is 0 Å². The van der Waals surface area contributed by atoms with E-state index in [1.807, 2.05) is 12.1 Å². The maximum atomic E-state index is 11.5. The molecule has 1 N–H and O–H groups in total. The van der Waals surface area contributed by atoms with Crippen LogP contribution in [0.4, 0.5) is 0 Å². The molecule has 0 aliphatic rings. The van der Waals surface area contributed by atoms with E-state index in [0.717, 1.165) is 5.56 Å². The van der Waals surface area contributed by atoms with Crippen molar-refractivity contribution in [2.45, 2.75) is 12.7 Å². The number of hydrogen-bond acceptors (Lipinski definition) is 4. The summed E-state index contributed by atoms with van der Waals surface area (Å²) in [6.07, 6.45) is 0. The molecule has 0 unspecified atom stereocenters. The summed E-state index contributed by atoms with van der Waals surface area (Å²) >= 11 is 5.90. The molecule has 7 heteroatoms. The second-order valence-electron chi connectivity index (χ2n) is 4.28. The Labute approximate surface area is 123 Å². The molecule has 1 heterocycles. The first kappa shape index (κ1) is 14.9. The molecule has 20 heavy (non-hydrogen) atoms. The van der Waals surface area contributed by atoms with Gasteiger partial charge < -0.3 is 0 Å². The molecule has 106 valence electrons.